The van der Waals surface area contributed by atoms with Gasteiger partial charge in [0.15, 0.2) is 0 Å². The Morgan fingerprint density at radius 2 is 0.282 bits per heavy atom. The second kappa shape index (κ2) is 38.1. The smallest absolute Gasteiger partial charge is 0.268 e. The molecule has 0 bridgehead atoms. The van der Waals surface area contributed by atoms with Crippen LogP contribution in [0.3, 0.4) is 0 Å². The topological polar surface area (TPSA) is 681 Å². The summed E-state index contributed by atoms with van der Waals surface area (Å²) in [5.41, 5.74) is 0. The van der Waals surface area contributed by atoms with E-state index in [1.807, 2.05) is 0 Å². The van der Waals surface area contributed by atoms with Crippen molar-refractivity contribution < 1.29 is 168 Å². The first-order valence-electron chi connectivity index (χ1n) is 19.4. The normalized spacial score (nSPS) is 24.8. The highest BCUT2D eigenvalue weighted by atomic mass is 31.2. The molecule has 0 spiro atoms. The van der Waals surface area contributed by atoms with Crippen LogP contribution in [0.25, 0.3) is 0 Å². The maximum Gasteiger partial charge on any atom is 0.268 e. The molecular weight excluding hydrogens is 1210 g/mol. The van der Waals surface area contributed by atoms with Gasteiger partial charge < -0.3 is 177 Å². The molecule has 480 valence electrons. The van der Waals surface area contributed by atoms with Crippen molar-refractivity contribution in [2.75, 3.05) is 165 Å². The van der Waals surface area contributed by atoms with Gasteiger partial charge in [-0.05, 0) is 0 Å². The van der Waals surface area contributed by atoms with E-state index in [0.717, 1.165) is 0 Å². The van der Waals surface area contributed by atoms with Gasteiger partial charge in [0.2, 0.25) is 34.7 Å². The first-order chi connectivity index (χ1) is 33.2. The number of ether oxygens (including phenoxy) is 12. The fourth-order valence-corrected chi connectivity index (χ4v) is 9.22. The van der Waals surface area contributed by atoms with E-state index in [1.54, 1.807) is 0 Å². The average Bonchev–Trinajstić information content (AvgIpc) is 3.37. The highest BCUT2D eigenvalue weighted by molar-refractivity contribution is 7.47. The number of phosphoric acid groups is 6. The molecule has 0 unspecified atom stereocenters. The van der Waals surface area contributed by atoms with Crippen molar-refractivity contribution in [1.82, 2.24) is 36.9 Å². The molecule has 48 heteroatoms. The third kappa shape index (κ3) is 29.6. The molecule has 42 nitrogen and oxygen atoms in total. The lowest BCUT2D eigenvalue weighted by Crippen LogP contribution is -2.47. The molecule has 0 amide bonds. The van der Waals surface area contributed by atoms with Gasteiger partial charge in [0.25, 0.3) is 46.9 Å². The molecule has 6 fully saturated rings. The Bertz CT molecular complexity index is 1490. The van der Waals surface area contributed by atoms with Crippen LogP contribution in [0, 0.1) is 0 Å². The Hall–Kier alpha value is -0.0600. The van der Waals surface area contributed by atoms with Crippen molar-refractivity contribution in [3.63, 3.8) is 0 Å². The summed E-state index contributed by atoms with van der Waals surface area (Å²) in [6.07, 6.45) is 0. The van der Waals surface area contributed by atoms with Crippen LogP contribution in [-0.4, -0.2) is 199 Å². The van der Waals surface area contributed by atoms with Gasteiger partial charge in [-0.2, -0.15) is 0 Å². The Kier molecular flexibility index (Phi) is 43.5. The fraction of sp³-hybridized carbons (Fsp3) is 1.00. The quantitative estimate of drug-likeness (QED) is 0.103. The summed E-state index contributed by atoms with van der Waals surface area (Å²) in [5, 5.41) is 0. The van der Waals surface area contributed by atoms with Crippen LogP contribution in [0.1, 0.15) is 0 Å². The zero-order valence-corrected chi connectivity index (χ0v) is 52.2. The Labute approximate surface area is 450 Å². The first kappa shape index (κ1) is 89.2. The molecule has 6 heterocycles. The van der Waals surface area contributed by atoms with Gasteiger partial charge in [-0.3, -0.25) is 27.4 Å². The minimum Gasteiger partial charge on any atom is -0.756 e. The van der Waals surface area contributed by atoms with Crippen molar-refractivity contribution in [3.8, 4) is 0 Å². The van der Waals surface area contributed by atoms with Crippen LogP contribution < -0.4 is 66.3 Å². The molecule has 0 radical (unpaired) electrons. The minimum atomic E-state index is -4.10. The molecule has 6 saturated heterocycles. The Morgan fingerprint density at radius 1 is 0.218 bits per heavy atom. The van der Waals surface area contributed by atoms with E-state index in [2.05, 4.69) is 54.3 Å². The lowest BCUT2D eigenvalue weighted by Gasteiger charge is -2.38. The standard InChI is InChI=1S/6C5H11O6P.6H3N/c6*1-8-5(9-2)3-10-12(6,7)11-4-5;;;;;;/h6*3-4H2,1-2H3,(H,6,7);6*1H3. The Morgan fingerprint density at radius 3 is 0.333 bits per heavy atom. The zero-order valence-electron chi connectivity index (χ0n) is 46.9. The lowest BCUT2D eigenvalue weighted by molar-refractivity contribution is -0.296. The molecule has 6 aliphatic heterocycles. The molecule has 0 saturated carbocycles. The number of hydrogen-bond donors (Lipinski definition) is 6. The van der Waals surface area contributed by atoms with Gasteiger partial charge in [0, 0.05) is 85.3 Å². The van der Waals surface area contributed by atoms with Crippen molar-refractivity contribution >= 4 is 46.9 Å². The predicted octanol–water partition coefficient (Wildman–Crippen LogP) is -0.799. The maximum atomic E-state index is 10.6. The highest BCUT2D eigenvalue weighted by Gasteiger charge is 2.42. The molecule has 78 heavy (non-hydrogen) atoms. The van der Waals surface area contributed by atoms with Crippen molar-refractivity contribution in [3.05, 3.63) is 0 Å². The third-order valence-corrected chi connectivity index (χ3v) is 15.1. The van der Waals surface area contributed by atoms with Crippen LogP contribution in [0.5, 0.6) is 0 Å². The predicted molar refractivity (Wildman–Crippen MR) is 253 cm³/mol. The number of quaternary nitrogens is 6. The molecule has 6 rings (SSSR count). The van der Waals surface area contributed by atoms with Gasteiger partial charge in [-0.25, -0.2) is 0 Å². The second-order valence-electron chi connectivity index (χ2n) is 13.9. The van der Waals surface area contributed by atoms with Gasteiger partial charge in [-0.1, -0.05) is 0 Å². The summed E-state index contributed by atoms with van der Waals surface area (Å²) in [6.45, 7) is -2.16. The molecule has 0 aromatic heterocycles. The summed E-state index contributed by atoms with van der Waals surface area (Å²) in [4.78, 5) is 63.9. The molecule has 0 atom stereocenters. The van der Waals surface area contributed by atoms with E-state index in [9.17, 15) is 56.8 Å². The maximum absolute atomic E-state index is 10.6. The molecule has 0 aliphatic carbocycles. The molecular formula is C30H84N6O36P6. The van der Waals surface area contributed by atoms with Crippen LogP contribution in [-0.2, 0) is 139 Å². The molecule has 24 N–H and O–H groups in total. The summed E-state index contributed by atoms with van der Waals surface area (Å²) < 4.78 is 175. The summed E-state index contributed by atoms with van der Waals surface area (Å²) in [6, 6.07) is 0. The largest absolute Gasteiger partial charge is 0.756 e. The van der Waals surface area contributed by atoms with E-state index in [0.29, 0.717) is 0 Å². The number of rotatable bonds is 12. The van der Waals surface area contributed by atoms with Crippen LogP contribution >= 0.6 is 46.9 Å². The van der Waals surface area contributed by atoms with Crippen LogP contribution in [0.15, 0.2) is 0 Å². The first-order valence-corrected chi connectivity index (χ1v) is 28.2. The summed E-state index contributed by atoms with van der Waals surface area (Å²) in [5.74, 6) is -6.59. The van der Waals surface area contributed by atoms with Crippen molar-refractivity contribution in [2.45, 2.75) is 34.7 Å². The molecule has 6 aliphatic rings. The van der Waals surface area contributed by atoms with Gasteiger partial charge >= 0.3 is 0 Å². The SMILES string of the molecule is COC1(OC)COP(=O)([O-])OC1.COC1(OC)COP(=O)([O-])OC1.COC1(OC)COP(=O)([O-])OC1.COC1(OC)COP(=O)([O-])OC1.COC1(OC)COP(=O)([O-])OC1.COC1(OC)COP(=O)([O-])OC1.[NH4+].[NH4+].[NH4+].[NH4+].[NH4+].[NH4+]. The van der Waals surface area contributed by atoms with Crippen LogP contribution in [0.2, 0.25) is 0 Å². The van der Waals surface area contributed by atoms with E-state index < -0.39 is 81.7 Å². The van der Waals surface area contributed by atoms with E-state index in [-0.39, 0.29) is 116 Å². The minimum absolute atomic E-state index is 0. The average molecular weight is 1290 g/mol. The van der Waals surface area contributed by atoms with E-state index in [1.165, 1.54) is 85.3 Å². The number of hydrogen-bond acceptors (Lipinski definition) is 36. The molecule has 0 aromatic rings. The monoisotopic (exact) mass is 1290 g/mol. The Balaban J connectivity index is -0.000000196. The third-order valence-electron chi connectivity index (χ3n) is 9.78. The lowest BCUT2D eigenvalue weighted by atomic mass is 10.3. The second-order valence-corrected chi connectivity index (χ2v) is 22.3. The van der Waals surface area contributed by atoms with Crippen molar-refractivity contribution in [1.29, 1.82) is 0 Å². The highest BCUT2D eigenvalue weighted by Crippen LogP contribution is 2.48. The summed E-state index contributed by atoms with van der Waals surface area (Å²) in [7, 11) is -7.98. The van der Waals surface area contributed by atoms with Gasteiger partial charge in [0.05, 0.1) is 0 Å². The van der Waals surface area contributed by atoms with E-state index >= 15 is 0 Å². The van der Waals surface area contributed by atoms with Crippen LogP contribution in [0.4, 0.5) is 0 Å². The fourth-order valence-electron chi connectivity index (χ4n) is 4.52. The summed E-state index contributed by atoms with van der Waals surface area (Å²) >= 11 is 0. The number of phosphoric ester groups is 6. The van der Waals surface area contributed by atoms with Gasteiger partial charge in [0.1, 0.15) is 79.3 Å². The van der Waals surface area contributed by atoms with Gasteiger partial charge in [-0.15, -0.1) is 0 Å². The zero-order chi connectivity index (χ0) is 55.5. The molecule has 0 aromatic carbocycles. The van der Waals surface area contributed by atoms with E-state index in [4.69, 9.17) is 56.8 Å². The number of methoxy groups -OCH3 is 12. The van der Waals surface area contributed by atoms with Crippen molar-refractivity contribution in [2.24, 2.45) is 0 Å².